The first-order valence-corrected chi connectivity index (χ1v) is 6.38. The second kappa shape index (κ2) is 6.17. The molecule has 2 rings (SSSR count). The molecule has 2 aromatic carbocycles. The van der Waals surface area contributed by atoms with Crippen LogP contribution in [0, 0.1) is 0 Å². The van der Waals surface area contributed by atoms with E-state index >= 15 is 0 Å². The zero-order valence-corrected chi connectivity index (χ0v) is 12.2. The molecule has 0 unspecified atom stereocenters. The van der Waals surface area contributed by atoms with Gasteiger partial charge in [0.25, 0.3) is 0 Å². The average Bonchev–Trinajstić information content (AvgIpc) is 2.50. The van der Waals surface area contributed by atoms with Crippen LogP contribution in [0.25, 0.3) is 10.8 Å². The Morgan fingerprint density at radius 2 is 1.77 bits per heavy atom. The van der Waals surface area contributed by atoms with E-state index in [0.717, 1.165) is 0 Å². The second-order valence-corrected chi connectivity index (χ2v) is 4.56. The van der Waals surface area contributed by atoms with Crippen LogP contribution in [-0.2, 0) is 9.53 Å². The fourth-order valence-electron chi connectivity index (χ4n) is 1.85. The van der Waals surface area contributed by atoms with Crippen molar-refractivity contribution in [1.82, 2.24) is 0 Å². The minimum Gasteiger partial charge on any atom is -0.437 e. The van der Waals surface area contributed by atoms with E-state index < -0.39 is 12.1 Å². The summed E-state index contributed by atoms with van der Waals surface area (Å²) in [5.41, 5.74) is 6.32. The molecule has 6 heteroatoms. The van der Waals surface area contributed by atoms with Crippen LogP contribution in [0.5, 0.6) is 11.5 Å². The number of nitrogen functional groups attached to an aromatic ring is 1. The van der Waals surface area contributed by atoms with E-state index in [0.29, 0.717) is 10.8 Å². The van der Waals surface area contributed by atoms with Crippen LogP contribution in [0.4, 0.5) is 10.5 Å². The van der Waals surface area contributed by atoms with Crippen molar-refractivity contribution in [3.05, 3.63) is 42.5 Å². The zero-order chi connectivity index (χ0) is 16.3. The van der Waals surface area contributed by atoms with E-state index in [1.165, 1.54) is 20.1 Å². The summed E-state index contributed by atoms with van der Waals surface area (Å²) in [4.78, 5) is 23.0. The lowest BCUT2D eigenvalue weighted by Crippen LogP contribution is -2.11. The van der Waals surface area contributed by atoms with Crippen LogP contribution in [-0.4, -0.2) is 19.2 Å². The summed E-state index contributed by atoms with van der Waals surface area (Å²) in [6.07, 6.45) is -0.865. The number of nitrogens with two attached hydrogens (primary N) is 1. The molecule has 0 aliphatic rings. The number of hydrogen-bond acceptors (Lipinski definition) is 6. The lowest BCUT2D eigenvalue weighted by molar-refractivity contribution is -0.129. The Morgan fingerprint density at radius 1 is 1.14 bits per heavy atom. The molecule has 0 saturated heterocycles. The molecule has 0 saturated carbocycles. The molecule has 0 amide bonds. The van der Waals surface area contributed by atoms with Gasteiger partial charge >= 0.3 is 12.1 Å². The van der Waals surface area contributed by atoms with Gasteiger partial charge in [0.15, 0.2) is 5.75 Å². The topological polar surface area (TPSA) is 87.9 Å². The molecule has 2 N–H and O–H groups in total. The SMILES string of the molecule is C=C(C)C(=O)Oc1c(N)cc(OC(=O)OC)c2ccccc12. The summed E-state index contributed by atoms with van der Waals surface area (Å²) in [7, 11) is 1.21. The van der Waals surface area contributed by atoms with Crippen molar-refractivity contribution in [2.45, 2.75) is 6.92 Å². The van der Waals surface area contributed by atoms with E-state index in [1.807, 2.05) is 0 Å². The van der Waals surface area contributed by atoms with E-state index in [2.05, 4.69) is 11.3 Å². The molecule has 22 heavy (non-hydrogen) atoms. The molecule has 0 atom stereocenters. The summed E-state index contributed by atoms with van der Waals surface area (Å²) in [5.74, 6) is -0.172. The summed E-state index contributed by atoms with van der Waals surface area (Å²) >= 11 is 0. The van der Waals surface area contributed by atoms with Crippen molar-refractivity contribution < 1.29 is 23.8 Å². The van der Waals surface area contributed by atoms with Gasteiger partial charge in [0, 0.05) is 22.4 Å². The lowest BCUT2D eigenvalue weighted by atomic mass is 10.1. The van der Waals surface area contributed by atoms with Gasteiger partial charge in [0.05, 0.1) is 12.8 Å². The Morgan fingerprint density at radius 3 is 2.36 bits per heavy atom. The van der Waals surface area contributed by atoms with Crippen LogP contribution >= 0.6 is 0 Å². The Hall–Kier alpha value is -3.02. The minimum absolute atomic E-state index is 0.159. The summed E-state index contributed by atoms with van der Waals surface area (Å²) in [6.45, 7) is 5.06. The summed E-state index contributed by atoms with van der Waals surface area (Å²) in [6, 6.07) is 8.33. The number of anilines is 1. The third-order valence-corrected chi connectivity index (χ3v) is 2.89. The van der Waals surface area contributed by atoms with Crippen molar-refractivity contribution in [3.63, 3.8) is 0 Å². The average molecular weight is 301 g/mol. The van der Waals surface area contributed by atoms with Gasteiger partial charge in [-0.15, -0.1) is 0 Å². The van der Waals surface area contributed by atoms with Gasteiger partial charge in [-0.1, -0.05) is 30.8 Å². The third-order valence-electron chi connectivity index (χ3n) is 2.89. The fraction of sp³-hybridized carbons (Fsp3) is 0.125. The van der Waals surface area contributed by atoms with E-state index in [4.69, 9.17) is 15.2 Å². The number of benzene rings is 2. The number of methoxy groups -OCH3 is 1. The second-order valence-electron chi connectivity index (χ2n) is 4.56. The zero-order valence-electron chi connectivity index (χ0n) is 12.2. The van der Waals surface area contributed by atoms with Crippen molar-refractivity contribution in [1.29, 1.82) is 0 Å². The van der Waals surface area contributed by atoms with E-state index in [-0.39, 0.29) is 22.8 Å². The van der Waals surface area contributed by atoms with Crippen LogP contribution < -0.4 is 15.2 Å². The molecule has 2 aromatic rings. The maximum Gasteiger partial charge on any atom is 0.513 e. The molecular weight excluding hydrogens is 286 g/mol. The van der Waals surface area contributed by atoms with Crippen molar-refractivity contribution in [3.8, 4) is 11.5 Å². The molecule has 0 bridgehead atoms. The Bertz CT molecular complexity index is 766. The molecule has 0 heterocycles. The highest BCUT2D eigenvalue weighted by atomic mass is 16.7. The maximum absolute atomic E-state index is 11.7. The number of carbonyl (C=O) groups excluding carboxylic acids is 2. The predicted molar refractivity (Wildman–Crippen MR) is 81.8 cm³/mol. The summed E-state index contributed by atoms with van der Waals surface area (Å²) in [5, 5.41) is 1.10. The highest BCUT2D eigenvalue weighted by Crippen LogP contribution is 2.38. The Labute approximate surface area is 127 Å². The molecule has 0 aromatic heterocycles. The van der Waals surface area contributed by atoms with Gasteiger partial charge in [-0.3, -0.25) is 0 Å². The van der Waals surface area contributed by atoms with Crippen LogP contribution in [0.1, 0.15) is 6.92 Å². The first-order valence-electron chi connectivity index (χ1n) is 6.38. The van der Waals surface area contributed by atoms with E-state index in [9.17, 15) is 9.59 Å². The first kappa shape index (κ1) is 15.4. The predicted octanol–water partition coefficient (Wildman–Crippen LogP) is 3.05. The number of hydrogen-bond donors (Lipinski definition) is 1. The van der Waals surface area contributed by atoms with Crippen LogP contribution in [0.3, 0.4) is 0 Å². The van der Waals surface area contributed by atoms with Gasteiger partial charge in [-0.2, -0.15) is 0 Å². The Balaban J connectivity index is 2.58. The molecule has 114 valence electrons. The quantitative estimate of drug-likeness (QED) is 0.308. The number of esters is 1. The first-order chi connectivity index (χ1) is 10.4. The van der Waals surface area contributed by atoms with Crippen molar-refractivity contribution in [2.75, 3.05) is 12.8 Å². The highest BCUT2D eigenvalue weighted by molar-refractivity contribution is 6.01. The molecule has 0 aliphatic heterocycles. The van der Waals surface area contributed by atoms with Gasteiger partial charge < -0.3 is 19.9 Å². The fourth-order valence-corrected chi connectivity index (χ4v) is 1.85. The van der Waals surface area contributed by atoms with Crippen LogP contribution in [0.15, 0.2) is 42.5 Å². The Kier molecular flexibility index (Phi) is 4.31. The minimum atomic E-state index is -0.865. The van der Waals surface area contributed by atoms with Crippen LogP contribution in [0.2, 0.25) is 0 Å². The molecule has 0 radical (unpaired) electrons. The number of fused-ring (bicyclic) bond motifs is 1. The standard InChI is InChI=1S/C16H15NO5/c1-9(2)15(18)22-14-11-7-5-4-6-10(11)13(8-12(14)17)21-16(19)20-3/h4-8H,1,17H2,2-3H3. The molecule has 6 nitrogen and oxygen atoms in total. The van der Waals surface area contributed by atoms with Gasteiger partial charge in [-0.05, 0) is 6.92 Å². The van der Waals surface area contributed by atoms with Crippen molar-refractivity contribution >= 4 is 28.6 Å². The van der Waals surface area contributed by atoms with Gasteiger partial charge in [-0.25, -0.2) is 9.59 Å². The number of carbonyl (C=O) groups is 2. The monoisotopic (exact) mass is 301 g/mol. The van der Waals surface area contributed by atoms with Gasteiger partial charge in [0.2, 0.25) is 0 Å². The largest absolute Gasteiger partial charge is 0.513 e. The van der Waals surface area contributed by atoms with Crippen molar-refractivity contribution in [2.24, 2.45) is 0 Å². The molecule has 0 spiro atoms. The molecule has 0 aliphatic carbocycles. The van der Waals surface area contributed by atoms with Gasteiger partial charge in [0.1, 0.15) is 5.75 Å². The molecule has 0 fully saturated rings. The molecular formula is C16H15NO5. The lowest BCUT2D eigenvalue weighted by Gasteiger charge is -2.13. The smallest absolute Gasteiger partial charge is 0.437 e. The third kappa shape index (κ3) is 3.01. The maximum atomic E-state index is 11.7. The number of rotatable bonds is 3. The van der Waals surface area contributed by atoms with E-state index in [1.54, 1.807) is 24.3 Å². The number of ether oxygens (including phenoxy) is 3. The normalized spacial score (nSPS) is 10.1. The highest BCUT2D eigenvalue weighted by Gasteiger charge is 2.17. The summed E-state index contributed by atoms with van der Waals surface area (Å²) < 4.78 is 14.8.